The van der Waals surface area contributed by atoms with Gasteiger partial charge in [-0.2, -0.15) is 0 Å². The van der Waals surface area contributed by atoms with E-state index >= 15 is 0 Å². The Kier molecular flexibility index (Phi) is 7.53. The monoisotopic (exact) mass is 639 g/mol. The molecule has 1 heterocycles. The van der Waals surface area contributed by atoms with Crippen LogP contribution in [0.25, 0.3) is 55.6 Å². The zero-order valence-electron chi connectivity index (χ0n) is 27.4. The maximum Gasteiger partial charge on any atom is 0.137 e. The van der Waals surface area contributed by atoms with Crippen molar-refractivity contribution in [2.24, 2.45) is 0 Å². The summed E-state index contributed by atoms with van der Waals surface area (Å²) in [5.41, 5.74) is 14.7. The van der Waals surface area contributed by atoms with Crippen LogP contribution in [0.15, 0.2) is 200 Å². The van der Waals surface area contributed by atoms with Crippen LogP contribution < -0.4 is 9.64 Å². The minimum atomic E-state index is 0.821. The van der Waals surface area contributed by atoms with Crippen LogP contribution in [0.1, 0.15) is 0 Å². The Morgan fingerprint density at radius 2 is 0.800 bits per heavy atom. The van der Waals surface area contributed by atoms with Crippen molar-refractivity contribution in [1.29, 1.82) is 0 Å². The minimum absolute atomic E-state index is 0.821. The molecule has 1 aliphatic heterocycles. The van der Waals surface area contributed by atoms with Gasteiger partial charge in [-0.1, -0.05) is 152 Å². The number of hydrogen-bond acceptors (Lipinski definition) is 2. The van der Waals surface area contributed by atoms with Gasteiger partial charge in [0.25, 0.3) is 0 Å². The summed E-state index contributed by atoms with van der Waals surface area (Å²) in [6.07, 6.45) is 0. The highest BCUT2D eigenvalue weighted by Gasteiger charge is 2.25. The first kappa shape index (κ1) is 29.5. The topological polar surface area (TPSA) is 12.5 Å². The summed E-state index contributed by atoms with van der Waals surface area (Å²) >= 11 is 0. The molecule has 8 aromatic carbocycles. The third-order valence-electron chi connectivity index (χ3n) is 9.48. The van der Waals surface area contributed by atoms with Crippen molar-refractivity contribution in [2.45, 2.75) is 0 Å². The lowest BCUT2D eigenvalue weighted by atomic mass is 9.87. The number of ether oxygens (including phenoxy) is 1. The lowest BCUT2D eigenvalue weighted by Crippen LogP contribution is -2.10. The predicted molar refractivity (Wildman–Crippen MR) is 208 cm³/mol. The fourth-order valence-electron chi connectivity index (χ4n) is 7.10. The van der Waals surface area contributed by atoms with E-state index in [2.05, 4.69) is 199 Å². The fraction of sp³-hybridized carbons (Fsp3) is 0. The maximum atomic E-state index is 6.88. The minimum Gasteiger partial charge on any atom is -0.456 e. The average Bonchev–Trinajstić information content (AvgIpc) is 3.34. The molecule has 50 heavy (non-hydrogen) atoms. The highest BCUT2D eigenvalue weighted by atomic mass is 16.5. The van der Waals surface area contributed by atoms with E-state index < -0.39 is 0 Å². The van der Waals surface area contributed by atoms with Gasteiger partial charge in [0.2, 0.25) is 0 Å². The number of hydrogen-bond donors (Lipinski definition) is 0. The van der Waals surface area contributed by atoms with Crippen molar-refractivity contribution < 1.29 is 4.74 Å². The summed E-state index contributed by atoms with van der Waals surface area (Å²) in [5, 5.41) is 0. The molecule has 0 amide bonds. The Hall–Kier alpha value is -6.64. The van der Waals surface area contributed by atoms with Crippen LogP contribution in [0.3, 0.4) is 0 Å². The maximum absolute atomic E-state index is 6.88. The number of benzene rings is 8. The van der Waals surface area contributed by atoms with Crippen molar-refractivity contribution in [3.63, 3.8) is 0 Å². The second kappa shape index (κ2) is 12.8. The summed E-state index contributed by atoms with van der Waals surface area (Å²) in [5.74, 6) is 1.67. The lowest BCUT2D eigenvalue weighted by Gasteiger charge is -2.27. The zero-order valence-corrected chi connectivity index (χ0v) is 27.4. The summed E-state index contributed by atoms with van der Waals surface area (Å²) in [6, 6.07) is 70.9. The summed E-state index contributed by atoms with van der Waals surface area (Å²) < 4.78 is 6.88. The predicted octanol–water partition coefficient (Wildman–Crippen LogP) is 13.6. The molecule has 236 valence electrons. The molecule has 8 aromatic rings. The first-order valence-corrected chi connectivity index (χ1v) is 17.0. The van der Waals surface area contributed by atoms with E-state index in [4.69, 9.17) is 4.74 Å². The third kappa shape index (κ3) is 5.43. The number of anilines is 3. The van der Waals surface area contributed by atoms with Crippen LogP contribution in [0.2, 0.25) is 0 Å². The van der Waals surface area contributed by atoms with E-state index in [1.807, 2.05) is 6.07 Å². The van der Waals surface area contributed by atoms with Crippen molar-refractivity contribution in [1.82, 2.24) is 0 Å². The van der Waals surface area contributed by atoms with E-state index in [1.54, 1.807) is 0 Å². The second-order valence-corrected chi connectivity index (χ2v) is 12.5. The molecule has 0 fully saturated rings. The Balaban J connectivity index is 1.23. The van der Waals surface area contributed by atoms with E-state index in [1.165, 1.54) is 33.4 Å². The highest BCUT2D eigenvalue weighted by Crippen LogP contribution is 2.51. The number of para-hydroxylation sites is 1. The van der Waals surface area contributed by atoms with Gasteiger partial charge in [-0.15, -0.1) is 0 Å². The zero-order chi connectivity index (χ0) is 33.3. The van der Waals surface area contributed by atoms with Gasteiger partial charge in [0.15, 0.2) is 0 Å². The number of nitrogens with zero attached hydrogens (tertiary/aromatic N) is 1. The Morgan fingerprint density at radius 1 is 0.280 bits per heavy atom. The van der Waals surface area contributed by atoms with Gasteiger partial charge < -0.3 is 9.64 Å². The quantitative estimate of drug-likeness (QED) is 0.179. The van der Waals surface area contributed by atoms with Gasteiger partial charge in [0.1, 0.15) is 11.5 Å². The average molecular weight is 640 g/mol. The van der Waals surface area contributed by atoms with Crippen molar-refractivity contribution in [3.8, 4) is 67.1 Å². The molecule has 0 saturated carbocycles. The molecular formula is C48H33NO. The lowest BCUT2D eigenvalue weighted by molar-refractivity contribution is 0.488. The molecule has 0 radical (unpaired) electrons. The van der Waals surface area contributed by atoms with Crippen LogP contribution in [-0.2, 0) is 0 Å². The Labute approximate surface area is 293 Å². The third-order valence-corrected chi connectivity index (χ3v) is 9.48. The van der Waals surface area contributed by atoms with Crippen molar-refractivity contribution in [2.75, 3.05) is 4.90 Å². The first-order chi connectivity index (χ1) is 24.8. The van der Waals surface area contributed by atoms with Gasteiger partial charge in [-0.05, 0) is 81.4 Å². The molecule has 0 unspecified atom stereocenters. The highest BCUT2D eigenvalue weighted by molar-refractivity contribution is 5.99. The number of rotatable bonds is 6. The van der Waals surface area contributed by atoms with Crippen molar-refractivity contribution in [3.05, 3.63) is 200 Å². The molecule has 0 spiro atoms. The first-order valence-electron chi connectivity index (χ1n) is 17.0. The van der Waals surface area contributed by atoms with Gasteiger partial charge in [0, 0.05) is 39.8 Å². The van der Waals surface area contributed by atoms with Crippen LogP contribution >= 0.6 is 0 Å². The van der Waals surface area contributed by atoms with Crippen LogP contribution in [0, 0.1) is 0 Å². The van der Waals surface area contributed by atoms with Gasteiger partial charge in [-0.3, -0.25) is 0 Å². The second-order valence-electron chi connectivity index (χ2n) is 12.5. The standard InChI is InChI=1S/C48H33NO/c1-4-14-34(15-5-1)36-26-28-39(29-27-36)49(40-21-12-20-38(32-40)35-16-6-2-7-17-35)41-30-31-45-47(33-41)50-46-25-11-10-22-43(46)44-24-13-23-42(48(44)45)37-18-8-3-9-19-37/h1-33H. The largest absolute Gasteiger partial charge is 0.456 e. The van der Waals surface area contributed by atoms with Crippen LogP contribution in [0.5, 0.6) is 11.5 Å². The molecule has 0 saturated heterocycles. The van der Waals surface area contributed by atoms with Gasteiger partial charge in [-0.25, -0.2) is 0 Å². The molecule has 0 atom stereocenters. The molecule has 9 rings (SSSR count). The smallest absolute Gasteiger partial charge is 0.137 e. The Morgan fingerprint density at radius 3 is 1.54 bits per heavy atom. The summed E-state index contributed by atoms with van der Waals surface area (Å²) in [4.78, 5) is 2.33. The summed E-state index contributed by atoms with van der Waals surface area (Å²) in [6.45, 7) is 0. The molecule has 0 aromatic heterocycles. The van der Waals surface area contributed by atoms with Crippen LogP contribution in [0.4, 0.5) is 17.1 Å². The van der Waals surface area contributed by atoms with E-state index in [9.17, 15) is 0 Å². The van der Waals surface area contributed by atoms with E-state index in [0.29, 0.717) is 0 Å². The molecule has 1 aliphatic rings. The molecule has 0 bridgehead atoms. The molecule has 0 aliphatic carbocycles. The SMILES string of the molecule is c1ccc(-c2ccc(N(c3cccc(-c4ccccc4)c3)c3ccc4c(c3)Oc3ccccc3-c3cccc(-c5ccccc5)c3-4)cc2)cc1. The molecule has 2 heteroatoms. The molecule has 2 nitrogen and oxygen atoms in total. The molecular weight excluding hydrogens is 607 g/mol. The van der Waals surface area contributed by atoms with Gasteiger partial charge >= 0.3 is 0 Å². The summed E-state index contributed by atoms with van der Waals surface area (Å²) in [7, 11) is 0. The Bertz CT molecular complexity index is 2430. The fourth-order valence-corrected chi connectivity index (χ4v) is 7.10. The number of fused-ring (bicyclic) bond motifs is 5. The van der Waals surface area contributed by atoms with E-state index in [0.717, 1.165) is 50.8 Å². The van der Waals surface area contributed by atoms with E-state index in [-0.39, 0.29) is 0 Å². The van der Waals surface area contributed by atoms with Crippen LogP contribution in [-0.4, -0.2) is 0 Å². The van der Waals surface area contributed by atoms with Gasteiger partial charge in [0.05, 0.1) is 0 Å². The van der Waals surface area contributed by atoms with Crippen molar-refractivity contribution >= 4 is 17.1 Å². The molecule has 0 N–H and O–H groups in total. The normalized spacial score (nSPS) is 11.4.